The SMILES string of the molecule is COc1ccccc1C1Nc2c(O)ccc([N+](=O)[O-])c2C2C=CCC21. The lowest BCUT2D eigenvalue weighted by molar-refractivity contribution is -0.385. The standard InChI is InChI=1S/C19H18N2O4/c1-25-16-8-3-2-5-13(16)18-12-7-4-6-11(12)17-14(21(23)24)9-10-15(22)19(17)20-18/h2-6,8-12,18,20,22H,7H2,1H3. The predicted octanol–water partition coefficient (Wildman–Crippen LogP) is 4.14. The molecule has 1 heterocycles. The molecule has 0 radical (unpaired) electrons. The third-order valence-corrected chi connectivity index (χ3v) is 5.15. The number of phenolic OH excluding ortho intramolecular Hbond substituents is 1. The van der Waals surface area contributed by atoms with Gasteiger partial charge in [-0.05, 0) is 24.5 Å². The summed E-state index contributed by atoms with van der Waals surface area (Å²) in [6, 6.07) is 10.4. The molecular formula is C19H18N2O4. The Morgan fingerprint density at radius 2 is 2.08 bits per heavy atom. The molecule has 0 aromatic heterocycles. The zero-order chi connectivity index (χ0) is 17.6. The lowest BCUT2D eigenvalue weighted by Gasteiger charge is -2.37. The molecule has 3 unspecified atom stereocenters. The van der Waals surface area contributed by atoms with E-state index in [1.54, 1.807) is 7.11 Å². The maximum atomic E-state index is 11.5. The van der Waals surface area contributed by atoms with Crippen molar-refractivity contribution < 1.29 is 14.8 Å². The van der Waals surface area contributed by atoms with Crippen LogP contribution in [-0.2, 0) is 0 Å². The van der Waals surface area contributed by atoms with Crippen molar-refractivity contribution in [3.63, 3.8) is 0 Å². The quantitative estimate of drug-likeness (QED) is 0.380. The van der Waals surface area contributed by atoms with Gasteiger partial charge in [0.25, 0.3) is 5.69 Å². The van der Waals surface area contributed by atoms with Crippen LogP contribution in [0.3, 0.4) is 0 Å². The average Bonchev–Trinajstić information content (AvgIpc) is 3.11. The molecule has 0 amide bonds. The van der Waals surface area contributed by atoms with Crippen molar-refractivity contribution in [2.45, 2.75) is 18.4 Å². The van der Waals surface area contributed by atoms with Gasteiger partial charge in [-0.25, -0.2) is 0 Å². The van der Waals surface area contributed by atoms with Crippen molar-refractivity contribution in [3.8, 4) is 11.5 Å². The smallest absolute Gasteiger partial charge is 0.275 e. The van der Waals surface area contributed by atoms with Crippen LogP contribution >= 0.6 is 0 Å². The monoisotopic (exact) mass is 338 g/mol. The Morgan fingerprint density at radius 1 is 1.28 bits per heavy atom. The number of anilines is 1. The van der Waals surface area contributed by atoms with E-state index in [2.05, 4.69) is 11.4 Å². The Kier molecular flexibility index (Phi) is 3.60. The minimum atomic E-state index is -0.382. The molecular weight excluding hydrogens is 320 g/mol. The number of methoxy groups -OCH3 is 1. The molecule has 25 heavy (non-hydrogen) atoms. The summed E-state index contributed by atoms with van der Waals surface area (Å²) in [5.74, 6) is 0.807. The highest BCUT2D eigenvalue weighted by atomic mass is 16.6. The van der Waals surface area contributed by atoms with Gasteiger partial charge in [-0.3, -0.25) is 10.1 Å². The summed E-state index contributed by atoms with van der Waals surface area (Å²) >= 11 is 0. The van der Waals surface area contributed by atoms with E-state index in [9.17, 15) is 15.2 Å². The van der Waals surface area contributed by atoms with Crippen molar-refractivity contribution in [1.82, 2.24) is 0 Å². The third-order valence-electron chi connectivity index (χ3n) is 5.15. The van der Waals surface area contributed by atoms with E-state index < -0.39 is 0 Å². The first-order chi connectivity index (χ1) is 12.1. The highest BCUT2D eigenvalue weighted by molar-refractivity contribution is 5.73. The second-order valence-electron chi connectivity index (χ2n) is 6.37. The van der Waals surface area contributed by atoms with Gasteiger partial charge in [-0.1, -0.05) is 30.4 Å². The number of para-hydroxylation sites is 1. The Labute approximate surface area is 144 Å². The van der Waals surface area contributed by atoms with Crippen molar-refractivity contribution >= 4 is 11.4 Å². The minimum Gasteiger partial charge on any atom is -0.506 e. The number of rotatable bonds is 3. The van der Waals surface area contributed by atoms with Crippen LogP contribution in [0.4, 0.5) is 11.4 Å². The molecule has 2 aliphatic rings. The second kappa shape index (κ2) is 5.81. The molecule has 6 nitrogen and oxygen atoms in total. The summed E-state index contributed by atoms with van der Waals surface area (Å²) < 4.78 is 5.50. The number of nitrogens with zero attached hydrogens (tertiary/aromatic N) is 1. The van der Waals surface area contributed by atoms with Crippen LogP contribution in [0, 0.1) is 16.0 Å². The molecule has 0 saturated heterocycles. The molecule has 128 valence electrons. The summed E-state index contributed by atoms with van der Waals surface area (Å²) in [6.45, 7) is 0. The Morgan fingerprint density at radius 3 is 2.84 bits per heavy atom. The minimum absolute atomic E-state index is 0.0271. The van der Waals surface area contributed by atoms with E-state index >= 15 is 0 Å². The third kappa shape index (κ3) is 2.33. The largest absolute Gasteiger partial charge is 0.506 e. The van der Waals surface area contributed by atoms with Gasteiger partial charge in [0, 0.05) is 17.5 Å². The lowest BCUT2D eigenvalue weighted by atomic mass is 9.76. The van der Waals surface area contributed by atoms with Gasteiger partial charge in [0.15, 0.2) is 0 Å². The number of nitro groups is 1. The van der Waals surface area contributed by atoms with Gasteiger partial charge >= 0.3 is 0 Å². The molecule has 3 atom stereocenters. The number of ether oxygens (including phenoxy) is 1. The van der Waals surface area contributed by atoms with Crippen molar-refractivity contribution in [2.24, 2.45) is 5.92 Å². The summed E-state index contributed by atoms with van der Waals surface area (Å²) in [6.07, 6.45) is 4.88. The molecule has 0 spiro atoms. The number of hydrogen-bond acceptors (Lipinski definition) is 5. The highest BCUT2D eigenvalue weighted by Gasteiger charge is 2.43. The van der Waals surface area contributed by atoms with E-state index in [0.717, 1.165) is 17.7 Å². The first-order valence-electron chi connectivity index (χ1n) is 8.18. The topological polar surface area (TPSA) is 84.6 Å². The van der Waals surface area contributed by atoms with E-state index in [4.69, 9.17) is 4.74 Å². The van der Waals surface area contributed by atoms with Gasteiger partial charge < -0.3 is 15.2 Å². The first-order valence-corrected chi connectivity index (χ1v) is 8.18. The fourth-order valence-corrected chi connectivity index (χ4v) is 4.06. The number of hydrogen-bond donors (Lipinski definition) is 2. The van der Waals surface area contributed by atoms with Crippen molar-refractivity contribution in [1.29, 1.82) is 0 Å². The number of benzene rings is 2. The van der Waals surface area contributed by atoms with Crippen LogP contribution in [0.15, 0.2) is 48.6 Å². The summed E-state index contributed by atoms with van der Waals surface area (Å²) in [5, 5.41) is 25.2. The molecule has 2 aromatic carbocycles. The van der Waals surface area contributed by atoms with Gasteiger partial charge in [0.05, 0.1) is 29.3 Å². The maximum Gasteiger partial charge on any atom is 0.275 e. The van der Waals surface area contributed by atoms with E-state index in [1.165, 1.54) is 12.1 Å². The van der Waals surface area contributed by atoms with Gasteiger partial charge in [-0.15, -0.1) is 0 Å². The van der Waals surface area contributed by atoms with Gasteiger partial charge in [-0.2, -0.15) is 0 Å². The number of nitro benzene ring substituents is 1. The maximum absolute atomic E-state index is 11.5. The van der Waals surface area contributed by atoms with Gasteiger partial charge in [0.2, 0.25) is 0 Å². The van der Waals surface area contributed by atoms with Crippen molar-refractivity contribution in [3.05, 3.63) is 69.8 Å². The Bertz CT molecular complexity index is 878. The number of allylic oxidation sites excluding steroid dienone is 2. The number of nitrogens with one attached hydrogen (secondary N) is 1. The first kappa shape index (κ1) is 15.5. The molecule has 1 aliphatic heterocycles. The molecule has 2 N–H and O–H groups in total. The normalized spacial score (nSPS) is 23.5. The van der Waals surface area contributed by atoms with Crippen LogP contribution in [0.25, 0.3) is 0 Å². The molecule has 4 rings (SSSR count). The molecule has 0 fully saturated rings. The van der Waals surface area contributed by atoms with Crippen LogP contribution in [0.1, 0.15) is 29.5 Å². The number of aromatic hydroxyl groups is 1. The summed E-state index contributed by atoms with van der Waals surface area (Å²) in [5.41, 5.74) is 2.04. The molecule has 2 aromatic rings. The molecule has 1 aliphatic carbocycles. The molecule has 0 bridgehead atoms. The van der Waals surface area contributed by atoms with Crippen LogP contribution < -0.4 is 10.1 Å². The van der Waals surface area contributed by atoms with E-state index in [0.29, 0.717) is 11.3 Å². The van der Waals surface area contributed by atoms with E-state index in [1.807, 2.05) is 30.3 Å². The van der Waals surface area contributed by atoms with Crippen LogP contribution in [-0.4, -0.2) is 17.1 Å². The summed E-state index contributed by atoms with van der Waals surface area (Å²) in [4.78, 5) is 11.1. The fraction of sp³-hybridized carbons (Fsp3) is 0.263. The second-order valence-corrected chi connectivity index (χ2v) is 6.37. The zero-order valence-corrected chi connectivity index (χ0v) is 13.7. The molecule has 6 heteroatoms. The average molecular weight is 338 g/mol. The summed E-state index contributed by atoms with van der Waals surface area (Å²) in [7, 11) is 1.63. The fourth-order valence-electron chi connectivity index (χ4n) is 4.06. The van der Waals surface area contributed by atoms with E-state index in [-0.39, 0.29) is 34.2 Å². The van der Waals surface area contributed by atoms with Crippen LogP contribution in [0.5, 0.6) is 11.5 Å². The van der Waals surface area contributed by atoms with Crippen molar-refractivity contribution in [2.75, 3.05) is 12.4 Å². The van der Waals surface area contributed by atoms with Crippen LogP contribution in [0.2, 0.25) is 0 Å². The number of phenols is 1. The highest BCUT2D eigenvalue weighted by Crippen LogP contribution is 2.55. The van der Waals surface area contributed by atoms with Gasteiger partial charge in [0.1, 0.15) is 11.5 Å². The number of fused-ring (bicyclic) bond motifs is 3. The lowest BCUT2D eigenvalue weighted by Crippen LogP contribution is -2.30. The Hall–Kier alpha value is -3.02. The zero-order valence-electron chi connectivity index (χ0n) is 13.7. The molecule has 0 saturated carbocycles. The predicted molar refractivity (Wildman–Crippen MR) is 94.1 cm³/mol. The Balaban J connectivity index is 1.89.